The summed E-state index contributed by atoms with van der Waals surface area (Å²) in [5.74, 6) is 5.40. The van der Waals surface area contributed by atoms with Crippen molar-refractivity contribution in [3.63, 3.8) is 0 Å². The molecule has 2 heterocycles. The van der Waals surface area contributed by atoms with Gasteiger partial charge in [0, 0.05) is 25.4 Å². The third kappa shape index (κ3) is 3.17. The fourth-order valence-electron chi connectivity index (χ4n) is 6.62. The highest BCUT2D eigenvalue weighted by Crippen LogP contribution is 2.61. The van der Waals surface area contributed by atoms with E-state index in [1.165, 1.54) is 31.4 Å². The van der Waals surface area contributed by atoms with Gasteiger partial charge in [0.25, 0.3) is 0 Å². The van der Waals surface area contributed by atoms with Crippen molar-refractivity contribution in [1.29, 1.82) is 0 Å². The first-order valence-corrected chi connectivity index (χ1v) is 11.6. The number of rotatable bonds is 6. The van der Waals surface area contributed by atoms with Gasteiger partial charge in [0.15, 0.2) is 5.16 Å². The van der Waals surface area contributed by atoms with Gasteiger partial charge in [0.2, 0.25) is 5.95 Å². The summed E-state index contributed by atoms with van der Waals surface area (Å²) in [5.41, 5.74) is 0.672. The van der Waals surface area contributed by atoms with Crippen LogP contribution < -0.4 is 4.90 Å². The molecule has 5 fully saturated rings. The van der Waals surface area contributed by atoms with E-state index < -0.39 is 0 Å². The number of hydrogen-bond acceptors (Lipinski definition) is 5. The lowest BCUT2D eigenvalue weighted by atomic mass is 9.49. The minimum Gasteiger partial charge on any atom is -0.378 e. The molecular formula is C20H32N4OS. The average molecular weight is 377 g/mol. The Labute approximate surface area is 161 Å². The summed E-state index contributed by atoms with van der Waals surface area (Å²) >= 11 is 1.94. The molecule has 1 aromatic rings. The highest BCUT2D eigenvalue weighted by Gasteiger charge is 2.50. The molecule has 4 aliphatic carbocycles. The second-order valence-electron chi connectivity index (χ2n) is 9.14. The van der Waals surface area contributed by atoms with E-state index in [0.29, 0.717) is 5.41 Å². The predicted molar refractivity (Wildman–Crippen MR) is 105 cm³/mol. The van der Waals surface area contributed by atoms with Crippen molar-refractivity contribution in [2.24, 2.45) is 23.2 Å². The van der Waals surface area contributed by atoms with Gasteiger partial charge in [-0.05, 0) is 75.0 Å². The molecule has 6 rings (SSSR count). The molecule has 0 radical (unpaired) electrons. The molecule has 1 saturated heterocycles. The molecule has 1 aliphatic heterocycles. The van der Waals surface area contributed by atoms with Gasteiger partial charge in [0.05, 0.1) is 13.2 Å². The van der Waals surface area contributed by atoms with Crippen LogP contribution in [0.3, 0.4) is 0 Å². The van der Waals surface area contributed by atoms with Crippen LogP contribution in [0.1, 0.15) is 51.9 Å². The standard InChI is InChI=1S/C20H32N4OS/c1-2-24-18(23-4-6-25-7-5-23)21-22-19(24)26-8-3-20-12-15-9-16(13-20)11-17(10-15)14-20/h15-17H,2-14H2,1H3. The van der Waals surface area contributed by atoms with E-state index in [0.717, 1.165) is 61.7 Å². The summed E-state index contributed by atoms with van der Waals surface area (Å²) in [7, 11) is 0. The molecule has 5 nitrogen and oxygen atoms in total. The second kappa shape index (κ2) is 7.01. The lowest BCUT2D eigenvalue weighted by Gasteiger charge is -2.57. The van der Waals surface area contributed by atoms with Crippen LogP contribution in [0.2, 0.25) is 0 Å². The Bertz CT molecular complexity index is 604. The van der Waals surface area contributed by atoms with Crippen molar-refractivity contribution in [1.82, 2.24) is 14.8 Å². The van der Waals surface area contributed by atoms with Crippen LogP contribution in [0.4, 0.5) is 5.95 Å². The summed E-state index contributed by atoms with van der Waals surface area (Å²) in [5, 5.41) is 10.2. The second-order valence-corrected chi connectivity index (χ2v) is 10.2. The molecule has 0 spiro atoms. The van der Waals surface area contributed by atoms with Gasteiger partial charge in [-0.1, -0.05) is 11.8 Å². The van der Waals surface area contributed by atoms with Crippen molar-refractivity contribution in [3.8, 4) is 0 Å². The van der Waals surface area contributed by atoms with Crippen molar-refractivity contribution >= 4 is 17.7 Å². The number of morpholine rings is 1. The number of thioether (sulfide) groups is 1. The molecule has 5 aliphatic rings. The zero-order chi connectivity index (χ0) is 17.6. The largest absolute Gasteiger partial charge is 0.378 e. The molecule has 4 bridgehead atoms. The summed E-state index contributed by atoms with van der Waals surface area (Å²) < 4.78 is 7.78. The summed E-state index contributed by atoms with van der Waals surface area (Å²) in [6.07, 6.45) is 10.5. The minimum absolute atomic E-state index is 0.672. The first-order valence-electron chi connectivity index (χ1n) is 10.6. The highest BCUT2D eigenvalue weighted by molar-refractivity contribution is 7.99. The third-order valence-corrected chi connectivity index (χ3v) is 8.30. The molecule has 0 atom stereocenters. The van der Waals surface area contributed by atoms with Crippen LogP contribution in [0, 0.1) is 23.2 Å². The van der Waals surface area contributed by atoms with E-state index in [-0.39, 0.29) is 0 Å². The monoisotopic (exact) mass is 376 g/mol. The van der Waals surface area contributed by atoms with Crippen LogP contribution in [0.15, 0.2) is 5.16 Å². The van der Waals surface area contributed by atoms with Gasteiger partial charge in [-0.15, -0.1) is 10.2 Å². The van der Waals surface area contributed by atoms with Gasteiger partial charge in [-0.2, -0.15) is 0 Å². The zero-order valence-electron chi connectivity index (χ0n) is 16.0. The lowest BCUT2D eigenvalue weighted by Crippen LogP contribution is -2.46. The molecule has 4 saturated carbocycles. The SMILES string of the molecule is CCn1c(SCCC23CC4CC(CC(C4)C2)C3)nnc1N1CCOCC1. The Balaban J connectivity index is 1.23. The van der Waals surface area contributed by atoms with E-state index in [4.69, 9.17) is 4.74 Å². The van der Waals surface area contributed by atoms with E-state index in [9.17, 15) is 0 Å². The normalized spacial score (nSPS) is 36.0. The highest BCUT2D eigenvalue weighted by atomic mass is 32.2. The van der Waals surface area contributed by atoms with Gasteiger partial charge in [-0.25, -0.2) is 0 Å². The predicted octanol–water partition coefficient (Wildman–Crippen LogP) is 3.83. The van der Waals surface area contributed by atoms with Gasteiger partial charge in [-0.3, -0.25) is 4.57 Å². The van der Waals surface area contributed by atoms with E-state index in [1.54, 1.807) is 19.3 Å². The van der Waals surface area contributed by atoms with Crippen molar-refractivity contribution < 1.29 is 4.74 Å². The van der Waals surface area contributed by atoms with Crippen molar-refractivity contribution in [2.45, 2.75) is 63.6 Å². The van der Waals surface area contributed by atoms with E-state index in [2.05, 4.69) is 26.6 Å². The summed E-state index contributed by atoms with van der Waals surface area (Å²) in [6.45, 7) is 6.60. The number of ether oxygens (including phenoxy) is 1. The molecular weight excluding hydrogens is 344 g/mol. The van der Waals surface area contributed by atoms with E-state index >= 15 is 0 Å². The molecule has 144 valence electrons. The molecule has 0 unspecified atom stereocenters. The summed E-state index contributed by atoms with van der Waals surface area (Å²) in [4.78, 5) is 2.32. The van der Waals surface area contributed by atoms with Gasteiger partial charge >= 0.3 is 0 Å². The topological polar surface area (TPSA) is 43.2 Å². The number of anilines is 1. The number of aromatic nitrogens is 3. The lowest BCUT2D eigenvalue weighted by molar-refractivity contribution is -0.0538. The molecule has 1 aromatic heterocycles. The average Bonchev–Trinajstić information content (AvgIpc) is 3.04. The third-order valence-electron chi connectivity index (χ3n) is 7.34. The first kappa shape index (κ1) is 17.4. The number of nitrogens with zero attached hydrogens (tertiary/aromatic N) is 4. The quantitative estimate of drug-likeness (QED) is 0.706. The van der Waals surface area contributed by atoms with Crippen LogP contribution in [0.5, 0.6) is 0 Å². The Morgan fingerprint density at radius 2 is 1.69 bits per heavy atom. The Morgan fingerprint density at radius 1 is 1.04 bits per heavy atom. The van der Waals surface area contributed by atoms with Crippen LogP contribution >= 0.6 is 11.8 Å². The van der Waals surface area contributed by atoms with Crippen molar-refractivity contribution in [3.05, 3.63) is 0 Å². The fourth-order valence-corrected chi connectivity index (χ4v) is 7.80. The molecule has 0 N–H and O–H groups in total. The van der Waals surface area contributed by atoms with Crippen molar-refractivity contribution in [2.75, 3.05) is 37.0 Å². The minimum atomic E-state index is 0.672. The van der Waals surface area contributed by atoms with Crippen LogP contribution in [0.25, 0.3) is 0 Å². The maximum absolute atomic E-state index is 5.48. The fraction of sp³-hybridized carbons (Fsp3) is 0.900. The Kier molecular flexibility index (Phi) is 4.68. The Hall–Kier alpha value is -0.750. The maximum Gasteiger partial charge on any atom is 0.228 e. The van der Waals surface area contributed by atoms with Gasteiger partial charge in [0.1, 0.15) is 0 Å². The van der Waals surface area contributed by atoms with E-state index in [1.807, 2.05) is 11.8 Å². The summed E-state index contributed by atoms with van der Waals surface area (Å²) in [6, 6.07) is 0. The molecule has 26 heavy (non-hydrogen) atoms. The molecule has 0 amide bonds. The number of hydrogen-bond donors (Lipinski definition) is 0. The molecule has 6 heteroatoms. The van der Waals surface area contributed by atoms with Crippen LogP contribution in [-0.4, -0.2) is 46.8 Å². The van der Waals surface area contributed by atoms with Gasteiger partial charge < -0.3 is 9.64 Å². The zero-order valence-corrected chi connectivity index (χ0v) is 16.8. The maximum atomic E-state index is 5.48. The first-order chi connectivity index (χ1) is 12.7. The van der Waals surface area contributed by atoms with Crippen LogP contribution in [-0.2, 0) is 11.3 Å². The molecule has 0 aromatic carbocycles. The Morgan fingerprint density at radius 3 is 2.31 bits per heavy atom. The smallest absolute Gasteiger partial charge is 0.228 e.